The summed E-state index contributed by atoms with van der Waals surface area (Å²) in [7, 11) is 0. The summed E-state index contributed by atoms with van der Waals surface area (Å²) in [4.78, 5) is 3.40. The van der Waals surface area contributed by atoms with E-state index in [0.29, 0.717) is 12.0 Å². The minimum Gasteiger partial charge on any atom is -0.329 e. The predicted molar refractivity (Wildman–Crippen MR) is 141 cm³/mol. The highest BCUT2D eigenvalue weighted by atomic mass is 35.5. The Morgan fingerprint density at radius 1 is 1.22 bits per heavy atom. The monoisotopic (exact) mass is 461 g/mol. The van der Waals surface area contributed by atoms with Crippen molar-refractivity contribution in [3.8, 4) is 0 Å². The molecule has 1 aliphatic heterocycles. The van der Waals surface area contributed by atoms with Crippen LogP contribution < -0.4 is 0 Å². The number of halogens is 1. The molecule has 1 aromatic rings. The lowest BCUT2D eigenvalue weighted by molar-refractivity contribution is 0.313. The van der Waals surface area contributed by atoms with Crippen LogP contribution in [0.3, 0.4) is 0 Å². The maximum atomic E-state index is 6.12. The molecule has 3 aliphatic carbocycles. The largest absolute Gasteiger partial charge is 0.329 e. The number of rotatable bonds is 6. The van der Waals surface area contributed by atoms with E-state index in [-0.39, 0.29) is 0 Å². The Hall–Kier alpha value is -1.90. The molecule has 0 N–H and O–H groups in total. The average Bonchev–Trinajstić information content (AvgIpc) is 3.31. The van der Waals surface area contributed by atoms with E-state index < -0.39 is 0 Å². The van der Waals surface area contributed by atoms with Gasteiger partial charge in [-0.1, -0.05) is 86.6 Å². The van der Waals surface area contributed by atoms with Crippen molar-refractivity contribution in [1.82, 2.24) is 4.90 Å². The van der Waals surface area contributed by atoms with Crippen molar-refractivity contribution < 1.29 is 0 Å². The van der Waals surface area contributed by atoms with E-state index in [9.17, 15) is 0 Å². The summed E-state index contributed by atoms with van der Waals surface area (Å²) in [6.45, 7) is 9.15. The zero-order valence-electron chi connectivity index (χ0n) is 19.2. The average molecular weight is 462 g/mol. The molecule has 5 rings (SSSR count). The van der Waals surface area contributed by atoms with Gasteiger partial charge in [0.05, 0.1) is 11.0 Å². The minimum absolute atomic E-state index is 0.384. The Morgan fingerprint density at radius 3 is 2.75 bits per heavy atom. The van der Waals surface area contributed by atoms with Crippen molar-refractivity contribution in [3.63, 3.8) is 0 Å². The first-order chi connectivity index (χ1) is 15.4. The standard InChI is InChI=1S/C29H32ClNS/c1-4-5-6-21-12-24(20-7-9-27(30)10-8-20)15-25(21)13-22-17-29(32)31(19(22)3)28-16-26-14-23(26)11-18(28)2/h7-10,12-13,16,18,23,28H,3-6,11,14-15,17H2,1-2H3/b22-13+. The third-order valence-electron chi connectivity index (χ3n) is 7.55. The second-order valence-corrected chi connectivity index (χ2v) is 10.8. The van der Waals surface area contributed by atoms with Crippen molar-refractivity contribution in [2.24, 2.45) is 11.8 Å². The highest BCUT2D eigenvalue weighted by Gasteiger charge is 2.42. The van der Waals surface area contributed by atoms with Crippen molar-refractivity contribution in [1.29, 1.82) is 0 Å². The van der Waals surface area contributed by atoms with Crippen molar-refractivity contribution in [2.75, 3.05) is 0 Å². The fraction of sp³-hybridized carbons (Fsp3) is 0.414. The van der Waals surface area contributed by atoms with Crippen LogP contribution in [0.15, 0.2) is 77.1 Å². The Labute approximate surface area is 203 Å². The number of benzene rings is 1. The lowest BCUT2D eigenvalue weighted by Crippen LogP contribution is -2.38. The zero-order valence-corrected chi connectivity index (χ0v) is 20.7. The maximum absolute atomic E-state index is 6.12. The molecule has 3 unspecified atom stereocenters. The molecule has 32 heavy (non-hydrogen) atoms. The van der Waals surface area contributed by atoms with Gasteiger partial charge in [-0.25, -0.2) is 0 Å². The molecule has 0 radical (unpaired) electrons. The molecule has 166 valence electrons. The fourth-order valence-electron chi connectivity index (χ4n) is 5.58. The molecule has 3 heteroatoms. The summed E-state index contributed by atoms with van der Waals surface area (Å²) in [5.74, 6) is 1.48. The van der Waals surface area contributed by atoms with Crippen LogP contribution >= 0.6 is 23.8 Å². The van der Waals surface area contributed by atoms with Crippen LogP contribution in [0.25, 0.3) is 5.57 Å². The van der Waals surface area contributed by atoms with Crippen LogP contribution in [0.5, 0.6) is 0 Å². The number of hydrogen-bond acceptors (Lipinski definition) is 1. The summed E-state index contributed by atoms with van der Waals surface area (Å²) in [6, 6.07) is 8.62. The third kappa shape index (κ3) is 4.20. The molecule has 0 amide bonds. The van der Waals surface area contributed by atoms with Gasteiger partial charge in [-0.3, -0.25) is 0 Å². The van der Waals surface area contributed by atoms with E-state index >= 15 is 0 Å². The molecule has 2 fully saturated rings. The first kappa shape index (κ1) is 21.9. The SMILES string of the molecule is C=C1/C(=C/C2=C(CCCC)C=C(c3ccc(Cl)cc3)C2)CC(=S)N1C1C=C2CC2CC1C. The van der Waals surface area contributed by atoms with Crippen LogP contribution in [0.1, 0.15) is 64.4 Å². The van der Waals surface area contributed by atoms with Crippen LogP contribution in [-0.2, 0) is 0 Å². The van der Waals surface area contributed by atoms with Crippen LogP contribution in [0, 0.1) is 11.8 Å². The van der Waals surface area contributed by atoms with Crippen molar-refractivity contribution in [3.05, 3.63) is 87.6 Å². The van der Waals surface area contributed by atoms with Gasteiger partial charge in [-0.15, -0.1) is 0 Å². The molecular weight excluding hydrogens is 430 g/mol. The predicted octanol–water partition coefficient (Wildman–Crippen LogP) is 8.44. The Bertz CT molecular complexity index is 1080. The molecule has 1 heterocycles. The topological polar surface area (TPSA) is 3.24 Å². The van der Waals surface area contributed by atoms with E-state index in [0.717, 1.165) is 40.9 Å². The number of hydrogen-bond donors (Lipinski definition) is 0. The van der Waals surface area contributed by atoms with Gasteiger partial charge in [0.25, 0.3) is 0 Å². The van der Waals surface area contributed by atoms with E-state index in [1.54, 1.807) is 5.57 Å². The lowest BCUT2D eigenvalue weighted by Gasteiger charge is -2.34. The number of allylic oxidation sites excluding steroid dienone is 7. The zero-order chi connectivity index (χ0) is 22.4. The Morgan fingerprint density at radius 2 is 2.00 bits per heavy atom. The second-order valence-electron chi connectivity index (χ2n) is 9.91. The van der Waals surface area contributed by atoms with Gasteiger partial charge in [0.2, 0.25) is 0 Å². The molecule has 1 saturated heterocycles. The quantitative estimate of drug-likeness (QED) is 0.308. The van der Waals surface area contributed by atoms with Crippen LogP contribution in [0.4, 0.5) is 0 Å². The summed E-state index contributed by atoms with van der Waals surface area (Å²) in [6.07, 6.45) is 15.2. The van der Waals surface area contributed by atoms with Crippen molar-refractivity contribution >= 4 is 34.4 Å². The molecule has 0 aromatic heterocycles. The van der Waals surface area contributed by atoms with E-state index in [2.05, 4.69) is 55.7 Å². The summed E-state index contributed by atoms with van der Waals surface area (Å²) in [5, 5.41) is 0.786. The second kappa shape index (κ2) is 8.80. The number of thiocarbonyl (C=S) groups is 1. The van der Waals surface area contributed by atoms with Gasteiger partial charge in [0.1, 0.15) is 0 Å². The van der Waals surface area contributed by atoms with E-state index in [4.69, 9.17) is 23.8 Å². The summed E-state index contributed by atoms with van der Waals surface area (Å²) in [5.41, 5.74) is 9.60. The van der Waals surface area contributed by atoms with Gasteiger partial charge < -0.3 is 4.90 Å². The number of nitrogens with zero attached hydrogens (tertiary/aromatic N) is 1. The normalized spacial score (nSPS) is 28.4. The molecule has 1 aromatic carbocycles. The van der Waals surface area contributed by atoms with Crippen LogP contribution in [-0.4, -0.2) is 15.9 Å². The minimum atomic E-state index is 0.384. The van der Waals surface area contributed by atoms with Gasteiger partial charge in [0, 0.05) is 17.1 Å². The number of fused-ring (bicyclic) bond motifs is 1. The molecule has 4 aliphatic rings. The Kier molecular flexibility index (Phi) is 6.03. The maximum Gasteiger partial charge on any atom is 0.0874 e. The molecule has 1 nitrogen and oxygen atoms in total. The molecular formula is C29H32ClNS. The Balaban J connectivity index is 1.40. The van der Waals surface area contributed by atoms with Gasteiger partial charge in [-0.05, 0) is 83.9 Å². The first-order valence-corrected chi connectivity index (χ1v) is 12.8. The van der Waals surface area contributed by atoms with Gasteiger partial charge in [-0.2, -0.15) is 0 Å². The van der Waals surface area contributed by atoms with Gasteiger partial charge in [0.15, 0.2) is 0 Å². The third-order valence-corrected chi connectivity index (χ3v) is 8.14. The van der Waals surface area contributed by atoms with E-state index in [1.807, 2.05) is 12.1 Å². The molecule has 0 bridgehead atoms. The summed E-state index contributed by atoms with van der Waals surface area (Å²) < 4.78 is 0. The highest BCUT2D eigenvalue weighted by molar-refractivity contribution is 7.80. The van der Waals surface area contributed by atoms with E-state index in [1.165, 1.54) is 53.5 Å². The van der Waals surface area contributed by atoms with Gasteiger partial charge >= 0.3 is 0 Å². The first-order valence-electron chi connectivity index (χ1n) is 12.1. The molecule has 3 atom stereocenters. The number of unbranched alkanes of at least 4 members (excludes halogenated alkanes) is 1. The highest BCUT2D eigenvalue weighted by Crippen LogP contribution is 2.50. The number of likely N-dealkylation sites (tertiary alicyclic amines) is 1. The fourth-order valence-corrected chi connectivity index (χ4v) is 6.09. The van der Waals surface area contributed by atoms with Crippen molar-refractivity contribution in [2.45, 2.75) is 64.8 Å². The smallest absolute Gasteiger partial charge is 0.0874 e. The summed E-state index contributed by atoms with van der Waals surface area (Å²) >= 11 is 12.0. The lowest BCUT2D eigenvalue weighted by atomic mass is 9.90. The molecule has 1 saturated carbocycles. The molecule has 0 spiro atoms. The van der Waals surface area contributed by atoms with Crippen LogP contribution in [0.2, 0.25) is 5.02 Å².